The number of urea groups is 1. The van der Waals surface area contributed by atoms with Crippen molar-refractivity contribution in [1.82, 2.24) is 4.90 Å². The van der Waals surface area contributed by atoms with Crippen molar-refractivity contribution < 1.29 is 19.4 Å². The van der Waals surface area contributed by atoms with Crippen molar-refractivity contribution in [2.45, 2.75) is 19.9 Å². The summed E-state index contributed by atoms with van der Waals surface area (Å²) in [6.45, 7) is 4.54. The largest absolute Gasteiger partial charge is 0.490 e. The van der Waals surface area contributed by atoms with Crippen LogP contribution >= 0.6 is 0 Å². The average Bonchev–Trinajstić information content (AvgIpc) is 2.80. The normalized spacial score (nSPS) is 17.0. The van der Waals surface area contributed by atoms with Crippen molar-refractivity contribution in [3.63, 3.8) is 0 Å². The predicted octanol–water partition coefficient (Wildman–Crippen LogP) is 4.34. The van der Waals surface area contributed by atoms with Gasteiger partial charge in [-0.05, 0) is 30.5 Å². The van der Waals surface area contributed by atoms with E-state index < -0.39 is 6.03 Å². The molecule has 0 saturated heterocycles. The fraction of sp³-hybridized carbons (Fsp3) is 0.280. The number of ether oxygens (including phenoxy) is 1. The second-order valence-electron chi connectivity index (χ2n) is 8.19. The van der Waals surface area contributed by atoms with E-state index in [1.165, 1.54) is 0 Å². The number of rotatable bonds is 4. The lowest BCUT2D eigenvalue weighted by atomic mass is 10.1. The van der Waals surface area contributed by atoms with Crippen molar-refractivity contribution in [3.05, 3.63) is 66.2 Å². The SMILES string of the molecule is CC1COc2c(NC(=O)Nc3cccc4ccccc34)cccc2C(=O)N(C(C)CO)C1. The van der Waals surface area contributed by atoms with E-state index in [0.717, 1.165) is 10.8 Å². The van der Waals surface area contributed by atoms with Crippen molar-refractivity contribution in [3.8, 4) is 5.75 Å². The molecular weight excluding hydrogens is 406 g/mol. The Balaban J connectivity index is 1.61. The molecule has 0 radical (unpaired) electrons. The summed E-state index contributed by atoms with van der Waals surface area (Å²) in [6.07, 6.45) is 0. The molecule has 0 aliphatic carbocycles. The van der Waals surface area contributed by atoms with Gasteiger partial charge in [0.25, 0.3) is 5.91 Å². The number of aliphatic hydroxyl groups is 1. The van der Waals surface area contributed by atoms with Gasteiger partial charge in [-0.2, -0.15) is 0 Å². The summed E-state index contributed by atoms with van der Waals surface area (Å²) in [5.41, 5.74) is 1.47. The Bertz CT molecular complexity index is 1140. The van der Waals surface area contributed by atoms with Crippen molar-refractivity contribution >= 4 is 34.1 Å². The van der Waals surface area contributed by atoms with Gasteiger partial charge in [-0.15, -0.1) is 0 Å². The number of fused-ring (bicyclic) bond motifs is 2. The van der Waals surface area contributed by atoms with Gasteiger partial charge in [-0.3, -0.25) is 4.79 Å². The number of carbonyl (C=O) groups excluding carboxylic acids is 2. The molecule has 1 aliphatic rings. The van der Waals surface area contributed by atoms with Crippen LogP contribution in [-0.4, -0.2) is 47.7 Å². The number of nitrogens with zero attached hydrogens (tertiary/aromatic N) is 1. The lowest BCUT2D eigenvalue weighted by molar-refractivity contribution is 0.0525. The molecular formula is C25H27N3O4. The van der Waals surface area contributed by atoms with Gasteiger partial charge in [0.05, 0.1) is 36.2 Å². The van der Waals surface area contributed by atoms with Crippen LogP contribution in [0.25, 0.3) is 10.8 Å². The Morgan fingerprint density at radius 2 is 1.78 bits per heavy atom. The zero-order valence-electron chi connectivity index (χ0n) is 18.2. The maximum Gasteiger partial charge on any atom is 0.323 e. The minimum Gasteiger partial charge on any atom is -0.490 e. The second kappa shape index (κ2) is 9.28. The van der Waals surface area contributed by atoms with Crippen LogP contribution in [0.4, 0.5) is 16.2 Å². The van der Waals surface area contributed by atoms with Crippen LogP contribution in [0, 0.1) is 5.92 Å². The Labute approximate surface area is 187 Å². The molecule has 0 aromatic heterocycles. The van der Waals surface area contributed by atoms with Crippen molar-refractivity contribution in [1.29, 1.82) is 0 Å². The van der Waals surface area contributed by atoms with Gasteiger partial charge in [0, 0.05) is 17.8 Å². The summed E-state index contributed by atoms with van der Waals surface area (Å²) in [7, 11) is 0. The number of para-hydroxylation sites is 1. The summed E-state index contributed by atoms with van der Waals surface area (Å²) in [4.78, 5) is 27.7. The molecule has 4 rings (SSSR count). The minimum absolute atomic E-state index is 0.0682. The molecule has 0 saturated carbocycles. The van der Waals surface area contributed by atoms with Gasteiger partial charge >= 0.3 is 6.03 Å². The number of anilines is 2. The molecule has 2 unspecified atom stereocenters. The molecule has 2 atom stereocenters. The van der Waals surface area contributed by atoms with Gasteiger partial charge in [0.2, 0.25) is 0 Å². The smallest absolute Gasteiger partial charge is 0.323 e. The Hall–Kier alpha value is -3.58. The van der Waals surface area contributed by atoms with Gasteiger partial charge in [0.15, 0.2) is 5.75 Å². The van der Waals surface area contributed by atoms with Crippen LogP contribution in [0.15, 0.2) is 60.7 Å². The number of amides is 3. The molecule has 0 spiro atoms. The lowest BCUT2D eigenvalue weighted by Gasteiger charge is -2.33. The third-order valence-corrected chi connectivity index (χ3v) is 5.61. The number of hydrogen-bond acceptors (Lipinski definition) is 4. The van der Waals surface area contributed by atoms with Crippen LogP contribution in [0.2, 0.25) is 0 Å². The topological polar surface area (TPSA) is 90.9 Å². The standard InChI is InChI=1S/C25H27N3O4/c1-16-13-28(17(2)14-29)24(30)20-10-6-12-22(23(20)32-15-16)27-25(31)26-21-11-5-8-18-7-3-4-9-19(18)21/h3-12,16-17,29H,13-15H2,1-2H3,(H2,26,27,31). The monoisotopic (exact) mass is 433 g/mol. The van der Waals surface area contributed by atoms with E-state index in [2.05, 4.69) is 10.6 Å². The summed E-state index contributed by atoms with van der Waals surface area (Å²) in [5.74, 6) is 0.178. The maximum absolute atomic E-state index is 13.2. The molecule has 7 heteroatoms. The summed E-state index contributed by atoms with van der Waals surface area (Å²) < 4.78 is 5.97. The van der Waals surface area contributed by atoms with Crippen LogP contribution in [0.1, 0.15) is 24.2 Å². The predicted molar refractivity (Wildman–Crippen MR) is 125 cm³/mol. The van der Waals surface area contributed by atoms with Gasteiger partial charge in [0.1, 0.15) is 0 Å². The first-order valence-corrected chi connectivity index (χ1v) is 10.7. The third kappa shape index (κ3) is 4.38. The van der Waals surface area contributed by atoms with Crippen molar-refractivity contribution in [2.24, 2.45) is 5.92 Å². The quantitative estimate of drug-likeness (QED) is 0.571. The highest BCUT2D eigenvalue weighted by molar-refractivity contribution is 6.08. The highest BCUT2D eigenvalue weighted by Crippen LogP contribution is 2.33. The molecule has 3 aromatic rings. The molecule has 7 nitrogen and oxygen atoms in total. The molecule has 3 amide bonds. The zero-order valence-corrected chi connectivity index (χ0v) is 18.2. The van der Waals surface area contributed by atoms with Crippen LogP contribution in [0.3, 0.4) is 0 Å². The Morgan fingerprint density at radius 3 is 2.59 bits per heavy atom. The lowest BCUT2D eigenvalue weighted by Crippen LogP contribution is -2.45. The number of aliphatic hydroxyl groups excluding tert-OH is 1. The molecule has 3 N–H and O–H groups in total. The summed E-state index contributed by atoms with van der Waals surface area (Å²) in [5, 5.41) is 17.3. The number of carbonyl (C=O) groups is 2. The molecule has 166 valence electrons. The fourth-order valence-electron chi connectivity index (χ4n) is 3.90. The van der Waals surface area contributed by atoms with Crippen LogP contribution in [0.5, 0.6) is 5.75 Å². The number of benzene rings is 3. The van der Waals surface area contributed by atoms with E-state index in [1.807, 2.05) is 56.3 Å². The van der Waals surface area contributed by atoms with Gasteiger partial charge < -0.3 is 25.4 Å². The number of nitrogens with one attached hydrogen (secondary N) is 2. The first-order valence-electron chi connectivity index (χ1n) is 10.7. The number of hydrogen-bond donors (Lipinski definition) is 3. The third-order valence-electron chi connectivity index (χ3n) is 5.61. The first kappa shape index (κ1) is 21.6. The van der Waals surface area contributed by atoms with Crippen LogP contribution < -0.4 is 15.4 Å². The molecule has 0 fully saturated rings. The van der Waals surface area contributed by atoms with E-state index in [1.54, 1.807) is 23.1 Å². The molecule has 0 bridgehead atoms. The van der Waals surface area contributed by atoms with E-state index in [0.29, 0.717) is 35.8 Å². The molecule has 32 heavy (non-hydrogen) atoms. The average molecular weight is 434 g/mol. The van der Waals surface area contributed by atoms with E-state index in [-0.39, 0.29) is 24.5 Å². The minimum atomic E-state index is -0.429. The molecule has 1 aliphatic heterocycles. The first-order chi connectivity index (χ1) is 15.5. The highest BCUT2D eigenvalue weighted by atomic mass is 16.5. The maximum atomic E-state index is 13.2. The molecule has 3 aromatic carbocycles. The second-order valence-corrected chi connectivity index (χ2v) is 8.19. The highest BCUT2D eigenvalue weighted by Gasteiger charge is 2.29. The van der Waals surface area contributed by atoms with E-state index in [4.69, 9.17) is 4.74 Å². The van der Waals surface area contributed by atoms with E-state index in [9.17, 15) is 14.7 Å². The zero-order chi connectivity index (χ0) is 22.7. The fourth-order valence-corrected chi connectivity index (χ4v) is 3.90. The Morgan fingerprint density at radius 1 is 1.09 bits per heavy atom. The van der Waals surface area contributed by atoms with Crippen molar-refractivity contribution in [2.75, 3.05) is 30.4 Å². The van der Waals surface area contributed by atoms with Gasteiger partial charge in [-0.25, -0.2) is 4.79 Å². The summed E-state index contributed by atoms with van der Waals surface area (Å²) >= 11 is 0. The Kier molecular flexibility index (Phi) is 6.28. The summed E-state index contributed by atoms with van der Waals surface area (Å²) in [6, 6.07) is 17.9. The molecule has 1 heterocycles. The van der Waals surface area contributed by atoms with E-state index >= 15 is 0 Å². The van der Waals surface area contributed by atoms with Crippen LogP contribution in [-0.2, 0) is 0 Å². The van der Waals surface area contributed by atoms with Gasteiger partial charge in [-0.1, -0.05) is 49.4 Å².